The molecule has 0 bridgehead atoms. The van der Waals surface area contributed by atoms with Crippen molar-refractivity contribution in [3.63, 3.8) is 0 Å². The van der Waals surface area contributed by atoms with Crippen LogP contribution in [0.3, 0.4) is 0 Å². The fourth-order valence-electron chi connectivity index (χ4n) is 2.23. The third-order valence-corrected chi connectivity index (χ3v) is 4.40. The summed E-state index contributed by atoms with van der Waals surface area (Å²) in [7, 11) is 1.93. The smallest absolute Gasteiger partial charge is 0.303 e. The molecule has 0 aliphatic carbocycles. The molecule has 0 N–H and O–H groups in total. The van der Waals surface area contributed by atoms with E-state index in [4.69, 9.17) is 4.74 Å². The number of anilines is 1. The highest BCUT2D eigenvalue weighted by Gasteiger charge is 2.20. The lowest BCUT2D eigenvalue weighted by molar-refractivity contribution is -0.383. The van der Waals surface area contributed by atoms with Crippen molar-refractivity contribution in [2.24, 2.45) is 5.92 Å². The van der Waals surface area contributed by atoms with Gasteiger partial charge >= 0.3 is 5.69 Å². The topological polar surface area (TPSA) is 55.6 Å². The molecule has 1 saturated heterocycles. The van der Waals surface area contributed by atoms with Gasteiger partial charge in [0.05, 0.1) is 4.92 Å². The maximum absolute atomic E-state index is 10.9. The Labute approximate surface area is 111 Å². The summed E-state index contributed by atoms with van der Waals surface area (Å²) in [6, 6.07) is 1.57. The van der Waals surface area contributed by atoms with Crippen LogP contribution >= 0.6 is 11.3 Å². The number of hydrogen-bond acceptors (Lipinski definition) is 5. The zero-order chi connectivity index (χ0) is 13.0. The summed E-state index contributed by atoms with van der Waals surface area (Å²) in [5.74, 6) is 0.695. The summed E-state index contributed by atoms with van der Waals surface area (Å²) < 4.78 is 5.33. The van der Waals surface area contributed by atoms with Crippen LogP contribution in [0.15, 0.2) is 11.4 Å². The van der Waals surface area contributed by atoms with E-state index in [2.05, 4.69) is 0 Å². The predicted molar refractivity (Wildman–Crippen MR) is 72.4 cm³/mol. The molecule has 100 valence electrons. The van der Waals surface area contributed by atoms with Crippen LogP contribution in [0.25, 0.3) is 0 Å². The van der Waals surface area contributed by atoms with E-state index in [0.717, 1.165) is 44.0 Å². The minimum atomic E-state index is -0.309. The largest absolute Gasteiger partial charge is 0.381 e. The summed E-state index contributed by atoms with van der Waals surface area (Å²) in [6.07, 6.45) is 3.30. The summed E-state index contributed by atoms with van der Waals surface area (Å²) in [6.45, 7) is 2.58. The molecule has 1 aliphatic rings. The average Bonchev–Trinajstić information content (AvgIpc) is 2.86. The monoisotopic (exact) mass is 270 g/mol. The number of thiophene rings is 1. The van der Waals surface area contributed by atoms with Crippen molar-refractivity contribution < 1.29 is 9.66 Å². The lowest BCUT2D eigenvalue weighted by Crippen LogP contribution is -2.24. The van der Waals surface area contributed by atoms with Crippen LogP contribution in [0.2, 0.25) is 0 Å². The minimum Gasteiger partial charge on any atom is -0.381 e. The van der Waals surface area contributed by atoms with Crippen molar-refractivity contribution in [3.05, 3.63) is 21.6 Å². The second-order valence-corrected chi connectivity index (χ2v) is 5.53. The molecule has 1 fully saturated rings. The number of hydrogen-bond donors (Lipinski definition) is 0. The molecule has 18 heavy (non-hydrogen) atoms. The van der Waals surface area contributed by atoms with Gasteiger partial charge in [0.25, 0.3) is 0 Å². The van der Waals surface area contributed by atoms with Crippen LogP contribution in [0.1, 0.15) is 19.3 Å². The highest BCUT2D eigenvalue weighted by atomic mass is 32.1. The van der Waals surface area contributed by atoms with Gasteiger partial charge in [-0.15, -0.1) is 11.3 Å². The van der Waals surface area contributed by atoms with Crippen molar-refractivity contribution >= 4 is 22.0 Å². The Bertz CT molecular complexity index is 402. The van der Waals surface area contributed by atoms with Gasteiger partial charge < -0.3 is 9.64 Å². The Morgan fingerprint density at radius 3 is 2.94 bits per heavy atom. The van der Waals surface area contributed by atoms with Crippen molar-refractivity contribution in [1.29, 1.82) is 0 Å². The summed E-state index contributed by atoms with van der Waals surface area (Å²) in [5.41, 5.74) is 0.217. The zero-order valence-electron chi connectivity index (χ0n) is 10.5. The maximum atomic E-state index is 10.9. The van der Waals surface area contributed by atoms with Crippen molar-refractivity contribution in [1.82, 2.24) is 0 Å². The average molecular weight is 270 g/mol. The van der Waals surface area contributed by atoms with Crippen molar-refractivity contribution in [2.45, 2.75) is 19.3 Å². The molecule has 1 aliphatic heterocycles. The second-order valence-electron chi connectivity index (χ2n) is 4.63. The van der Waals surface area contributed by atoms with Gasteiger partial charge in [0.15, 0.2) is 5.00 Å². The molecule has 0 saturated carbocycles. The van der Waals surface area contributed by atoms with E-state index in [0.29, 0.717) is 5.92 Å². The quantitative estimate of drug-likeness (QED) is 0.610. The second kappa shape index (κ2) is 6.15. The third-order valence-electron chi connectivity index (χ3n) is 3.38. The Balaban J connectivity index is 1.88. The fourth-order valence-corrected chi connectivity index (χ4v) is 3.09. The van der Waals surface area contributed by atoms with E-state index in [1.807, 2.05) is 11.9 Å². The number of ether oxygens (including phenoxy) is 1. The molecule has 2 rings (SSSR count). The molecule has 1 aromatic rings. The third kappa shape index (κ3) is 3.20. The van der Waals surface area contributed by atoms with E-state index < -0.39 is 0 Å². The number of nitrogens with zero attached hydrogens (tertiary/aromatic N) is 2. The first kappa shape index (κ1) is 13.3. The van der Waals surface area contributed by atoms with Crippen LogP contribution in [0.4, 0.5) is 10.7 Å². The van der Waals surface area contributed by atoms with E-state index in [1.165, 1.54) is 11.3 Å². The van der Waals surface area contributed by atoms with Gasteiger partial charge in [-0.05, 0) is 30.6 Å². The first-order chi connectivity index (χ1) is 8.68. The Kier molecular flexibility index (Phi) is 4.54. The molecule has 0 atom stereocenters. The highest BCUT2D eigenvalue weighted by Crippen LogP contribution is 2.33. The lowest BCUT2D eigenvalue weighted by Gasteiger charge is -2.24. The van der Waals surface area contributed by atoms with Gasteiger partial charge in [0, 0.05) is 32.9 Å². The van der Waals surface area contributed by atoms with Crippen LogP contribution in [0.5, 0.6) is 0 Å². The Hall–Kier alpha value is -1.14. The molecule has 1 aromatic heterocycles. The van der Waals surface area contributed by atoms with Gasteiger partial charge in [-0.25, -0.2) is 0 Å². The Morgan fingerprint density at radius 2 is 2.28 bits per heavy atom. The van der Waals surface area contributed by atoms with E-state index in [9.17, 15) is 10.1 Å². The van der Waals surface area contributed by atoms with Crippen LogP contribution in [-0.4, -0.2) is 31.7 Å². The molecule has 6 heteroatoms. The number of nitro groups is 1. The Morgan fingerprint density at radius 1 is 1.56 bits per heavy atom. The predicted octanol–water partition coefficient (Wildman–Crippen LogP) is 2.91. The van der Waals surface area contributed by atoms with Gasteiger partial charge in [0.2, 0.25) is 0 Å². The van der Waals surface area contributed by atoms with Crippen molar-refractivity contribution in [2.75, 3.05) is 31.7 Å². The van der Waals surface area contributed by atoms with E-state index in [1.54, 1.807) is 11.4 Å². The molecule has 0 amide bonds. The molecule has 2 heterocycles. The molecular weight excluding hydrogens is 252 g/mol. The minimum absolute atomic E-state index is 0.217. The maximum Gasteiger partial charge on any atom is 0.303 e. The number of rotatable bonds is 5. The molecule has 0 radical (unpaired) electrons. The first-order valence-electron chi connectivity index (χ1n) is 6.19. The molecule has 0 spiro atoms. The summed E-state index contributed by atoms with van der Waals surface area (Å²) >= 11 is 1.43. The van der Waals surface area contributed by atoms with Gasteiger partial charge in [-0.2, -0.15) is 0 Å². The van der Waals surface area contributed by atoms with Crippen LogP contribution < -0.4 is 4.90 Å². The molecular formula is C12H18N2O3S. The first-order valence-corrected chi connectivity index (χ1v) is 7.07. The molecule has 0 aromatic carbocycles. The zero-order valence-corrected chi connectivity index (χ0v) is 11.3. The normalized spacial score (nSPS) is 16.7. The van der Waals surface area contributed by atoms with Gasteiger partial charge in [-0.3, -0.25) is 10.1 Å². The standard InChI is InChI=1S/C12H18N2O3S/c1-13(6-2-10-3-7-17-8-4-10)12-11(14(15)16)5-9-18-12/h5,9-10H,2-4,6-8H2,1H3. The van der Waals surface area contributed by atoms with Crippen LogP contribution in [0, 0.1) is 16.0 Å². The van der Waals surface area contributed by atoms with Gasteiger partial charge in [0.1, 0.15) is 0 Å². The molecule has 5 nitrogen and oxygen atoms in total. The van der Waals surface area contributed by atoms with E-state index >= 15 is 0 Å². The lowest BCUT2D eigenvalue weighted by atomic mass is 9.96. The SMILES string of the molecule is CN(CCC1CCOCC1)c1sccc1[N+](=O)[O-]. The fraction of sp³-hybridized carbons (Fsp3) is 0.667. The van der Waals surface area contributed by atoms with E-state index in [-0.39, 0.29) is 10.6 Å². The molecule has 0 unspecified atom stereocenters. The van der Waals surface area contributed by atoms with Crippen LogP contribution in [-0.2, 0) is 4.74 Å². The summed E-state index contributed by atoms with van der Waals surface area (Å²) in [5, 5.41) is 13.4. The van der Waals surface area contributed by atoms with Crippen molar-refractivity contribution in [3.8, 4) is 0 Å². The van der Waals surface area contributed by atoms with Gasteiger partial charge in [-0.1, -0.05) is 0 Å². The highest BCUT2D eigenvalue weighted by molar-refractivity contribution is 7.14. The summed E-state index contributed by atoms with van der Waals surface area (Å²) in [4.78, 5) is 12.6.